The van der Waals surface area contributed by atoms with Crippen LogP contribution in [0.25, 0.3) is 0 Å². The molecule has 0 radical (unpaired) electrons. The molecule has 0 fully saturated rings. The van der Waals surface area contributed by atoms with Crippen LogP contribution in [0.1, 0.15) is 29.8 Å². The number of hydrogen-bond donors (Lipinski definition) is 1. The van der Waals surface area contributed by atoms with Gasteiger partial charge in [-0.05, 0) is 36.2 Å². The highest BCUT2D eigenvalue weighted by atomic mass is 35.5. The van der Waals surface area contributed by atoms with Crippen LogP contribution in [0.2, 0.25) is 5.02 Å². The van der Waals surface area contributed by atoms with Gasteiger partial charge in [0.1, 0.15) is 11.8 Å². The van der Waals surface area contributed by atoms with Crippen molar-refractivity contribution in [3.8, 4) is 6.07 Å². The highest BCUT2D eigenvalue weighted by Gasteiger charge is 2.08. The molecule has 0 aliphatic heterocycles. The zero-order chi connectivity index (χ0) is 13.7. The molecule has 1 heterocycles. The number of aromatic nitrogens is 1. The lowest BCUT2D eigenvalue weighted by molar-refractivity contribution is 0.574. The van der Waals surface area contributed by atoms with E-state index >= 15 is 0 Å². The van der Waals surface area contributed by atoms with E-state index in [0.717, 1.165) is 16.1 Å². The van der Waals surface area contributed by atoms with Crippen LogP contribution in [0, 0.1) is 11.3 Å². The second kappa shape index (κ2) is 6.33. The molecule has 0 saturated heterocycles. The van der Waals surface area contributed by atoms with E-state index in [9.17, 15) is 0 Å². The molecule has 4 heteroatoms. The molecule has 0 aliphatic carbocycles. The summed E-state index contributed by atoms with van der Waals surface area (Å²) in [7, 11) is 0. The SMILES string of the molecule is CC(NCc1ccnc(C#N)c1)c1ccccc1Cl. The monoisotopic (exact) mass is 271 g/mol. The fraction of sp³-hybridized carbons (Fsp3) is 0.200. The van der Waals surface area contributed by atoms with E-state index in [0.29, 0.717) is 12.2 Å². The Bertz CT molecular complexity index is 604. The van der Waals surface area contributed by atoms with E-state index in [1.54, 1.807) is 12.3 Å². The van der Waals surface area contributed by atoms with Crippen LogP contribution < -0.4 is 5.32 Å². The summed E-state index contributed by atoms with van der Waals surface area (Å²) in [6.07, 6.45) is 1.65. The summed E-state index contributed by atoms with van der Waals surface area (Å²) in [6, 6.07) is 13.6. The molecular weight excluding hydrogens is 258 g/mol. The number of halogens is 1. The van der Waals surface area contributed by atoms with Gasteiger partial charge >= 0.3 is 0 Å². The van der Waals surface area contributed by atoms with Crippen LogP contribution in [-0.2, 0) is 6.54 Å². The summed E-state index contributed by atoms with van der Waals surface area (Å²) in [5, 5.41) is 12.9. The Kier molecular flexibility index (Phi) is 4.51. The largest absolute Gasteiger partial charge is 0.306 e. The van der Waals surface area contributed by atoms with Crippen molar-refractivity contribution in [1.29, 1.82) is 5.26 Å². The number of nitriles is 1. The lowest BCUT2D eigenvalue weighted by atomic mass is 10.1. The van der Waals surface area contributed by atoms with E-state index in [2.05, 4.69) is 17.2 Å². The van der Waals surface area contributed by atoms with E-state index in [4.69, 9.17) is 16.9 Å². The van der Waals surface area contributed by atoms with Gasteiger partial charge in [-0.15, -0.1) is 0 Å². The molecule has 0 bridgehead atoms. The Morgan fingerprint density at radius 1 is 1.37 bits per heavy atom. The summed E-state index contributed by atoms with van der Waals surface area (Å²) in [5.41, 5.74) is 2.54. The van der Waals surface area contributed by atoms with Gasteiger partial charge < -0.3 is 5.32 Å². The van der Waals surface area contributed by atoms with Gasteiger partial charge in [0.25, 0.3) is 0 Å². The minimum atomic E-state index is 0.146. The predicted molar refractivity (Wildman–Crippen MR) is 75.7 cm³/mol. The van der Waals surface area contributed by atoms with Crippen molar-refractivity contribution in [2.75, 3.05) is 0 Å². The van der Waals surface area contributed by atoms with Gasteiger partial charge in [-0.2, -0.15) is 5.26 Å². The summed E-state index contributed by atoms with van der Waals surface area (Å²) < 4.78 is 0. The van der Waals surface area contributed by atoms with Crippen LogP contribution >= 0.6 is 11.6 Å². The molecule has 3 nitrogen and oxygen atoms in total. The maximum atomic E-state index is 8.80. The van der Waals surface area contributed by atoms with Gasteiger partial charge in [0, 0.05) is 23.8 Å². The topological polar surface area (TPSA) is 48.7 Å². The highest BCUT2D eigenvalue weighted by Crippen LogP contribution is 2.22. The zero-order valence-corrected chi connectivity index (χ0v) is 11.4. The average molecular weight is 272 g/mol. The molecule has 1 aromatic heterocycles. The standard InChI is InChI=1S/C15H14ClN3/c1-11(14-4-2-3-5-15(14)16)19-10-12-6-7-18-13(8-12)9-17/h2-8,11,19H,10H2,1H3. The lowest BCUT2D eigenvalue weighted by Gasteiger charge is -2.15. The molecule has 0 spiro atoms. The van der Waals surface area contributed by atoms with E-state index in [-0.39, 0.29) is 6.04 Å². The quantitative estimate of drug-likeness (QED) is 0.926. The van der Waals surface area contributed by atoms with Crippen molar-refractivity contribution in [2.45, 2.75) is 19.5 Å². The van der Waals surface area contributed by atoms with E-state index in [1.165, 1.54) is 0 Å². The Balaban J connectivity index is 2.03. The first-order valence-electron chi connectivity index (χ1n) is 6.03. The molecule has 0 amide bonds. The zero-order valence-electron chi connectivity index (χ0n) is 10.6. The fourth-order valence-corrected chi connectivity index (χ4v) is 2.15. The minimum absolute atomic E-state index is 0.146. The van der Waals surface area contributed by atoms with Crippen LogP contribution in [0.5, 0.6) is 0 Å². The van der Waals surface area contributed by atoms with Gasteiger partial charge in [-0.1, -0.05) is 29.8 Å². The molecule has 1 atom stereocenters. The van der Waals surface area contributed by atoms with Crippen LogP contribution in [0.3, 0.4) is 0 Å². The predicted octanol–water partition coefficient (Wildman–Crippen LogP) is 3.46. The van der Waals surface area contributed by atoms with Gasteiger partial charge in [0.05, 0.1) is 0 Å². The Morgan fingerprint density at radius 3 is 2.89 bits per heavy atom. The average Bonchev–Trinajstić information content (AvgIpc) is 2.45. The van der Waals surface area contributed by atoms with E-state index in [1.807, 2.05) is 36.4 Å². The van der Waals surface area contributed by atoms with Crippen molar-refractivity contribution in [3.63, 3.8) is 0 Å². The third kappa shape index (κ3) is 3.54. The maximum absolute atomic E-state index is 8.80. The molecule has 1 aromatic carbocycles. The lowest BCUT2D eigenvalue weighted by Crippen LogP contribution is -2.18. The second-order valence-corrected chi connectivity index (χ2v) is 4.69. The van der Waals surface area contributed by atoms with Gasteiger partial charge in [-0.25, -0.2) is 4.98 Å². The summed E-state index contributed by atoms with van der Waals surface area (Å²) in [5.74, 6) is 0. The first-order valence-corrected chi connectivity index (χ1v) is 6.41. The second-order valence-electron chi connectivity index (χ2n) is 4.29. The van der Waals surface area contributed by atoms with Crippen LogP contribution in [-0.4, -0.2) is 4.98 Å². The highest BCUT2D eigenvalue weighted by molar-refractivity contribution is 6.31. The summed E-state index contributed by atoms with van der Waals surface area (Å²) in [4.78, 5) is 3.95. The van der Waals surface area contributed by atoms with Gasteiger partial charge in [-0.3, -0.25) is 0 Å². The minimum Gasteiger partial charge on any atom is -0.306 e. The molecule has 1 unspecified atom stereocenters. The summed E-state index contributed by atoms with van der Waals surface area (Å²) in [6.45, 7) is 2.73. The fourth-order valence-electron chi connectivity index (χ4n) is 1.85. The summed E-state index contributed by atoms with van der Waals surface area (Å²) >= 11 is 6.16. The van der Waals surface area contributed by atoms with Crippen molar-refractivity contribution < 1.29 is 0 Å². The number of hydrogen-bond acceptors (Lipinski definition) is 3. The molecule has 19 heavy (non-hydrogen) atoms. The molecule has 0 saturated carbocycles. The third-order valence-electron chi connectivity index (χ3n) is 2.92. The van der Waals surface area contributed by atoms with Gasteiger partial charge in [0.2, 0.25) is 0 Å². The first kappa shape index (κ1) is 13.5. The maximum Gasteiger partial charge on any atom is 0.140 e. The first-order chi connectivity index (χ1) is 9.20. The van der Waals surface area contributed by atoms with Crippen molar-refractivity contribution in [3.05, 3.63) is 64.4 Å². The van der Waals surface area contributed by atoms with E-state index < -0.39 is 0 Å². The molecule has 96 valence electrons. The molecule has 2 aromatic rings. The number of rotatable bonds is 4. The number of nitrogens with one attached hydrogen (secondary N) is 1. The van der Waals surface area contributed by atoms with Crippen molar-refractivity contribution in [1.82, 2.24) is 10.3 Å². The Labute approximate surface area is 117 Å². The van der Waals surface area contributed by atoms with Crippen LogP contribution in [0.15, 0.2) is 42.6 Å². The molecular formula is C15H14ClN3. The molecule has 0 aliphatic rings. The van der Waals surface area contributed by atoms with Gasteiger partial charge in [0.15, 0.2) is 0 Å². The van der Waals surface area contributed by atoms with Crippen molar-refractivity contribution in [2.24, 2.45) is 0 Å². The normalized spacial score (nSPS) is 11.8. The number of pyridine rings is 1. The number of benzene rings is 1. The Morgan fingerprint density at radius 2 is 2.16 bits per heavy atom. The molecule has 1 N–H and O–H groups in total. The smallest absolute Gasteiger partial charge is 0.140 e. The molecule has 2 rings (SSSR count). The Hall–Kier alpha value is -1.89. The number of nitrogens with zero attached hydrogens (tertiary/aromatic N) is 2. The van der Waals surface area contributed by atoms with Crippen molar-refractivity contribution >= 4 is 11.6 Å². The van der Waals surface area contributed by atoms with Crippen LogP contribution in [0.4, 0.5) is 0 Å². The third-order valence-corrected chi connectivity index (χ3v) is 3.27.